The van der Waals surface area contributed by atoms with Crippen LogP contribution >= 0.6 is 0 Å². The van der Waals surface area contributed by atoms with Gasteiger partial charge >= 0.3 is 0 Å². The van der Waals surface area contributed by atoms with Crippen LogP contribution in [-0.2, 0) is 11.3 Å². The van der Waals surface area contributed by atoms with E-state index >= 15 is 0 Å². The van der Waals surface area contributed by atoms with Gasteiger partial charge in [0.1, 0.15) is 5.82 Å². The van der Waals surface area contributed by atoms with Gasteiger partial charge in [-0.05, 0) is 50.8 Å². The van der Waals surface area contributed by atoms with E-state index in [0.717, 1.165) is 70.0 Å². The molecule has 2 aliphatic rings. The van der Waals surface area contributed by atoms with Crippen molar-refractivity contribution < 1.29 is 9.13 Å². The minimum atomic E-state index is -0.0996. The number of benzene rings is 1. The lowest BCUT2D eigenvalue weighted by atomic mass is 9.96. The van der Waals surface area contributed by atoms with Crippen molar-refractivity contribution in [1.29, 1.82) is 0 Å². The predicted molar refractivity (Wildman–Crippen MR) is 103 cm³/mol. The van der Waals surface area contributed by atoms with Gasteiger partial charge in [-0.3, -0.25) is 9.89 Å². The molecule has 1 aromatic carbocycles. The number of aliphatic imine (C=N–C) groups is 1. The van der Waals surface area contributed by atoms with Crippen molar-refractivity contribution in [2.24, 2.45) is 10.9 Å². The van der Waals surface area contributed by atoms with Crippen LogP contribution in [0.25, 0.3) is 0 Å². The summed E-state index contributed by atoms with van der Waals surface area (Å²) in [6.07, 6.45) is 4.86. The van der Waals surface area contributed by atoms with Gasteiger partial charge in [0.05, 0.1) is 6.10 Å². The van der Waals surface area contributed by atoms with E-state index in [-0.39, 0.29) is 5.82 Å². The second-order valence-electron chi connectivity index (χ2n) is 7.28. The van der Waals surface area contributed by atoms with Gasteiger partial charge in [0.25, 0.3) is 0 Å². The van der Waals surface area contributed by atoms with Crippen LogP contribution < -0.4 is 10.6 Å². The van der Waals surface area contributed by atoms with E-state index in [1.54, 1.807) is 12.1 Å². The summed E-state index contributed by atoms with van der Waals surface area (Å²) < 4.78 is 19.4. The van der Waals surface area contributed by atoms with Gasteiger partial charge < -0.3 is 15.4 Å². The molecule has 0 spiro atoms. The van der Waals surface area contributed by atoms with E-state index in [1.807, 2.05) is 19.2 Å². The van der Waals surface area contributed by atoms with Crippen LogP contribution in [0.1, 0.15) is 31.2 Å². The maximum absolute atomic E-state index is 13.8. The Morgan fingerprint density at radius 1 is 1.19 bits per heavy atom. The minimum Gasteiger partial charge on any atom is -0.376 e. The van der Waals surface area contributed by atoms with Crippen LogP contribution in [0.2, 0.25) is 0 Å². The molecule has 1 atom stereocenters. The number of hydrogen-bond donors (Lipinski definition) is 2. The lowest BCUT2D eigenvalue weighted by molar-refractivity contribution is 0.113. The highest BCUT2D eigenvalue weighted by atomic mass is 19.1. The third-order valence-electron chi connectivity index (χ3n) is 5.36. The molecule has 0 saturated carbocycles. The zero-order valence-electron chi connectivity index (χ0n) is 15.7. The largest absolute Gasteiger partial charge is 0.376 e. The molecule has 1 unspecified atom stereocenters. The average molecular weight is 362 g/mol. The molecule has 2 fully saturated rings. The van der Waals surface area contributed by atoms with Gasteiger partial charge in [-0.15, -0.1) is 0 Å². The van der Waals surface area contributed by atoms with Crippen molar-refractivity contribution in [2.45, 2.75) is 38.3 Å². The molecule has 2 aliphatic heterocycles. The smallest absolute Gasteiger partial charge is 0.191 e. The number of piperidine rings is 1. The second-order valence-corrected chi connectivity index (χ2v) is 7.28. The highest BCUT2D eigenvalue weighted by Gasteiger charge is 2.20. The van der Waals surface area contributed by atoms with E-state index in [9.17, 15) is 4.39 Å². The number of ether oxygens (including phenoxy) is 1. The molecular formula is C20H31FN4O. The Labute approximate surface area is 156 Å². The Hall–Kier alpha value is -1.66. The Bertz CT molecular complexity index is 581. The normalized spacial score (nSPS) is 22.5. The molecule has 5 nitrogen and oxygen atoms in total. The van der Waals surface area contributed by atoms with Crippen molar-refractivity contribution in [3.05, 3.63) is 35.6 Å². The summed E-state index contributed by atoms with van der Waals surface area (Å²) in [6, 6.07) is 7.08. The topological polar surface area (TPSA) is 48.9 Å². The molecular weight excluding hydrogens is 331 g/mol. The minimum absolute atomic E-state index is 0.0996. The van der Waals surface area contributed by atoms with E-state index in [2.05, 4.69) is 20.5 Å². The van der Waals surface area contributed by atoms with Crippen LogP contribution in [0.4, 0.5) is 4.39 Å². The van der Waals surface area contributed by atoms with E-state index in [1.165, 1.54) is 0 Å². The second kappa shape index (κ2) is 9.88. The molecule has 144 valence electrons. The third-order valence-corrected chi connectivity index (χ3v) is 5.36. The summed E-state index contributed by atoms with van der Waals surface area (Å²) >= 11 is 0. The molecule has 2 N–H and O–H groups in total. The van der Waals surface area contributed by atoms with Gasteiger partial charge in [-0.1, -0.05) is 18.2 Å². The van der Waals surface area contributed by atoms with E-state index in [0.29, 0.717) is 18.6 Å². The van der Waals surface area contributed by atoms with Crippen molar-refractivity contribution in [3.8, 4) is 0 Å². The fourth-order valence-electron chi connectivity index (χ4n) is 3.69. The standard InChI is InChI=1S/C20H31FN4O/c1-22-20(24-14-18-6-4-12-26-18)23-13-16-8-10-25(11-9-16)15-17-5-2-3-7-19(17)21/h2-3,5,7,16,18H,4,6,8-15H2,1H3,(H2,22,23,24). The number of nitrogens with zero attached hydrogens (tertiary/aromatic N) is 2. The molecule has 0 amide bonds. The molecule has 2 heterocycles. The fraction of sp³-hybridized carbons (Fsp3) is 0.650. The zero-order chi connectivity index (χ0) is 18.2. The summed E-state index contributed by atoms with van der Waals surface area (Å²) in [7, 11) is 1.81. The first kappa shape index (κ1) is 19.1. The lowest BCUT2D eigenvalue weighted by Crippen LogP contribution is -2.44. The first-order chi connectivity index (χ1) is 12.7. The molecule has 0 aromatic heterocycles. The van der Waals surface area contributed by atoms with E-state index in [4.69, 9.17) is 4.74 Å². The van der Waals surface area contributed by atoms with Gasteiger partial charge in [-0.25, -0.2) is 4.39 Å². The molecule has 0 radical (unpaired) electrons. The lowest BCUT2D eigenvalue weighted by Gasteiger charge is -2.32. The maximum atomic E-state index is 13.8. The summed E-state index contributed by atoms with van der Waals surface area (Å²) in [6.45, 7) is 5.37. The van der Waals surface area contributed by atoms with Crippen LogP contribution in [0.15, 0.2) is 29.3 Å². The van der Waals surface area contributed by atoms with Crippen molar-refractivity contribution in [3.63, 3.8) is 0 Å². The molecule has 0 bridgehead atoms. The summed E-state index contributed by atoms with van der Waals surface area (Å²) in [5.41, 5.74) is 0.794. The monoisotopic (exact) mass is 362 g/mol. The highest BCUT2D eigenvalue weighted by Crippen LogP contribution is 2.19. The van der Waals surface area contributed by atoms with Gasteiger partial charge in [-0.2, -0.15) is 0 Å². The van der Waals surface area contributed by atoms with Gasteiger partial charge in [0, 0.05) is 38.9 Å². The Morgan fingerprint density at radius 2 is 1.96 bits per heavy atom. The number of rotatable bonds is 6. The van der Waals surface area contributed by atoms with Gasteiger partial charge in [0.2, 0.25) is 0 Å². The van der Waals surface area contributed by atoms with Crippen LogP contribution in [0, 0.1) is 11.7 Å². The molecule has 3 rings (SSSR count). The quantitative estimate of drug-likeness (QED) is 0.603. The highest BCUT2D eigenvalue weighted by molar-refractivity contribution is 5.79. The first-order valence-corrected chi connectivity index (χ1v) is 9.76. The van der Waals surface area contributed by atoms with Crippen molar-refractivity contribution in [2.75, 3.05) is 39.8 Å². The van der Waals surface area contributed by atoms with Crippen LogP contribution in [0.5, 0.6) is 0 Å². The summed E-state index contributed by atoms with van der Waals surface area (Å²) in [5, 5.41) is 6.80. The molecule has 6 heteroatoms. The number of likely N-dealkylation sites (tertiary alicyclic amines) is 1. The fourth-order valence-corrected chi connectivity index (χ4v) is 3.69. The predicted octanol–water partition coefficient (Wildman–Crippen LogP) is 2.38. The number of guanidine groups is 1. The number of nitrogens with one attached hydrogen (secondary N) is 2. The number of hydrogen-bond acceptors (Lipinski definition) is 3. The SMILES string of the molecule is CN=C(NCC1CCN(Cc2ccccc2F)CC1)NCC1CCCO1. The average Bonchev–Trinajstić information content (AvgIpc) is 3.18. The maximum Gasteiger partial charge on any atom is 0.191 e. The summed E-state index contributed by atoms with van der Waals surface area (Å²) in [4.78, 5) is 6.65. The first-order valence-electron chi connectivity index (χ1n) is 9.76. The van der Waals surface area contributed by atoms with Gasteiger partial charge in [0.15, 0.2) is 5.96 Å². The third kappa shape index (κ3) is 5.68. The Morgan fingerprint density at radius 3 is 2.65 bits per heavy atom. The van der Waals surface area contributed by atoms with Crippen LogP contribution in [0.3, 0.4) is 0 Å². The zero-order valence-corrected chi connectivity index (χ0v) is 15.7. The Kier molecular flexibility index (Phi) is 7.26. The van der Waals surface area contributed by atoms with Crippen molar-refractivity contribution in [1.82, 2.24) is 15.5 Å². The molecule has 26 heavy (non-hydrogen) atoms. The van der Waals surface area contributed by atoms with Crippen molar-refractivity contribution >= 4 is 5.96 Å². The van der Waals surface area contributed by atoms with Crippen LogP contribution in [-0.4, -0.2) is 56.8 Å². The molecule has 2 saturated heterocycles. The van der Waals surface area contributed by atoms with E-state index < -0.39 is 0 Å². The Balaban J connectivity index is 1.34. The summed E-state index contributed by atoms with van der Waals surface area (Å²) in [5.74, 6) is 1.39. The molecule has 0 aliphatic carbocycles. The number of halogens is 1. The molecule has 1 aromatic rings.